The van der Waals surface area contributed by atoms with Gasteiger partial charge in [-0.05, 0) is 69.6 Å². The molecular formula is C21H36N2O. The Kier molecular flexibility index (Phi) is 8.07. The van der Waals surface area contributed by atoms with Gasteiger partial charge in [0.1, 0.15) is 5.75 Å². The van der Waals surface area contributed by atoms with Crippen LogP contribution in [0.5, 0.6) is 5.75 Å². The number of methoxy groups -OCH3 is 1. The van der Waals surface area contributed by atoms with Crippen LogP contribution in [-0.2, 0) is 0 Å². The monoisotopic (exact) mass is 332 g/mol. The van der Waals surface area contributed by atoms with Crippen LogP contribution in [0.15, 0.2) is 24.3 Å². The summed E-state index contributed by atoms with van der Waals surface area (Å²) < 4.78 is 5.44. The van der Waals surface area contributed by atoms with Gasteiger partial charge in [-0.25, -0.2) is 0 Å². The number of hydrogen-bond acceptors (Lipinski definition) is 3. The predicted octanol–water partition coefficient (Wildman–Crippen LogP) is 4.24. The van der Waals surface area contributed by atoms with E-state index in [-0.39, 0.29) is 0 Å². The first-order valence-corrected chi connectivity index (χ1v) is 9.65. The van der Waals surface area contributed by atoms with E-state index in [4.69, 9.17) is 4.74 Å². The number of likely N-dealkylation sites (tertiary alicyclic amines) is 1. The van der Waals surface area contributed by atoms with Gasteiger partial charge in [0.25, 0.3) is 0 Å². The summed E-state index contributed by atoms with van der Waals surface area (Å²) in [6.07, 6.45) is 6.69. The van der Waals surface area contributed by atoms with Gasteiger partial charge >= 0.3 is 0 Å². The van der Waals surface area contributed by atoms with Crippen LogP contribution >= 0.6 is 0 Å². The Hall–Kier alpha value is -1.06. The van der Waals surface area contributed by atoms with Crippen LogP contribution in [0.4, 0.5) is 0 Å². The van der Waals surface area contributed by atoms with Crippen LogP contribution in [0.25, 0.3) is 0 Å². The van der Waals surface area contributed by atoms with Crippen LogP contribution in [0.1, 0.15) is 50.5 Å². The van der Waals surface area contributed by atoms with E-state index in [1.807, 2.05) is 6.07 Å². The second kappa shape index (κ2) is 10.0. The van der Waals surface area contributed by atoms with Gasteiger partial charge in [0, 0.05) is 13.1 Å². The van der Waals surface area contributed by atoms with Crippen molar-refractivity contribution in [2.75, 3.05) is 47.4 Å². The van der Waals surface area contributed by atoms with Crippen molar-refractivity contribution in [2.24, 2.45) is 5.92 Å². The Morgan fingerprint density at radius 2 is 2.04 bits per heavy atom. The van der Waals surface area contributed by atoms with E-state index >= 15 is 0 Å². The topological polar surface area (TPSA) is 15.7 Å². The lowest BCUT2D eigenvalue weighted by atomic mass is 9.80. The molecule has 1 fully saturated rings. The van der Waals surface area contributed by atoms with Gasteiger partial charge in [-0.3, -0.25) is 0 Å². The van der Waals surface area contributed by atoms with Crippen molar-refractivity contribution < 1.29 is 4.74 Å². The van der Waals surface area contributed by atoms with Crippen molar-refractivity contribution in [3.8, 4) is 5.75 Å². The lowest BCUT2D eigenvalue weighted by molar-refractivity contribution is 0.129. The molecule has 1 aliphatic heterocycles. The summed E-state index contributed by atoms with van der Waals surface area (Å²) in [7, 11) is 6.15. The summed E-state index contributed by atoms with van der Waals surface area (Å²) in [5, 5.41) is 0. The fraction of sp³-hybridized carbons (Fsp3) is 0.714. The van der Waals surface area contributed by atoms with E-state index in [1.165, 1.54) is 57.3 Å². The molecule has 1 aromatic carbocycles. The maximum atomic E-state index is 5.44. The van der Waals surface area contributed by atoms with Crippen molar-refractivity contribution in [2.45, 2.75) is 44.9 Å². The molecule has 3 nitrogen and oxygen atoms in total. The van der Waals surface area contributed by atoms with Gasteiger partial charge in [-0.15, -0.1) is 0 Å². The van der Waals surface area contributed by atoms with Gasteiger partial charge in [0.15, 0.2) is 0 Å². The molecule has 1 saturated heterocycles. The third kappa shape index (κ3) is 5.78. The molecule has 3 heteroatoms. The van der Waals surface area contributed by atoms with E-state index in [0.717, 1.165) is 12.3 Å². The maximum absolute atomic E-state index is 5.44. The molecule has 0 bridgehead atoms. The van der Waals surface area contributed by atoms with E-state index in [2.05, 4.69) is 49.0 Å². The average molecular weight is 333 g/mol. The average Bonchev–Trinajstić information content (AvgIpc) is 2.58. The molecule has 0 N–H and O–H groups in total. The molecule has 0 spiro atoms. The number of piperidine rings is 1. The number of hydrogen-bond donors (Lipinski definition) is 0. The number of nitrogens with zero attached hydrogens (tertiary/aromatic N) is 2. The fourth-order valence-electron chi connectivity index (χ4n) is 4.04. The van der Waals surface area contributed by atoms with Gasteiger partial charge in [0.05, 0.1) is 7.11 Å². The first-order chi connectivity index (χ1) is 11.6. The molecule has 1 heterocycles. The third-order valence-corrected chi connectivity index (χ3v) is 5.27. The van der Waals surface area contributed by atoms with Gasteiger partial charge in [-0.2, -0.15) is 0 Å². The highest BCUT2D eigenvalue weighted by atomic mass is 16.5. The molecular weight excluding hydrogens is 296 g/mol. The summed E-state index contributed by atoms with van der Waals surface area (Å²) in [4.78, 5) is 5.04. The molecule has 0 aliphatic carbocycles. The second-order valence-electron chi connectivity index (χ2n) is 7.56. The fourth-order valence-corrected chi connectivity index (χ4v) is 4.04. The number of unbranched alkanes of at least 4 members (excludes halogenated alkanes) is 3. The van der Waals surface area contributed by atoms with E-state index in [1.54, 1.807) is 7.11 Å². The smallest absolute Gasteiger partial charge is 0.119 e. The molecule has 1 aliphatic rings. The Morgan fingerprint density at radius 3 is 2.75 bits per heavy atom. The zero-order chi connectivity index (χ0) is 17.4. The first kappa shape index (κ1) is 19.3. The van der Waals surface area contributed by atoms with Crippen LogP contribution in [0.3, 0.4) is 0 Å². The van der Waals surface area contributed by atoms with Gasteiger partial charge < -0.3 is 14.5 Å². The minimum atomic E-state index is 0.648. The van der Waals surface area contributed by atoms with Crippen LogP contribution in [0.2, 0.25) is 0 Å². The lowest BCUT2D eigenvalue weighted by Gasteiger charge is -2.40. The normalized spacial score (nSPS) is 22.0. The van der Waals surface area contributed by atoms with Gasteiger partial charge in [0.2, 0.25) is 0 Å². The second-order valence-corrected chi connectivity index (χ2v) is 7.56. The Balaban J connectivity index is 2.00. The van der Waals surface area contributed by atoms with E-state index in [0.29, 0.717) is 11.8 Å². The van der Waals surface area contributed by atoms with Crippen molar-refractivity contribution >= 4 is 0 Å². The Morgan fingerprint density at radius 1 is 1.21 bits per heavy atom. The predicted molar refractivity (Wildman–Crippen MR) is 103 cm³/mol. The summed E-state index contributed by atoms with van der Waals surface area (Å²) in [6.45, 7) is 7.18. The zero-order valence-corrected chi connectivity index (χ0v) is 16.1. The quantitative estimate of drug-likeness (QED) is 0.629. The number of benzene rings is 1. The maximum Gasteiger partial charge on any atom is 0.119 e. The number of ether oxygens (including phenoxy) is 1. The molecule has 24 heavy (non-hydrogen) atoms. The van der Waals surface area contributed by atoms with Crippen molar-refractivity contribution in [3.05, 3.63) is 29.8 Å². The Labute approximate surface area is 149 Å². The molecule has 1 aromatic rings. The molecule has 0 aromatic heterocycles. The SMILES string of the molecule is CCCCCCN1CCC(c2cccc(OC)c2)C(CN(C)C)C1. The first-order valence-electron chi connectivity index (χ1n) is 9.65. The summed E-state index contributed by atoms with van der Waals surface area (Å²) in [5.41, 5.74) is 1.45. The Bertz CT molecular complexity index is 475. The molecule has 2 rings (SSSR count). The highest BCUT2D eigenvalue weighted by molar-refractivity contribution is 5.31. The third-order valence-electron chi connectivity index (χ3n) is 5.27. The molecule has 136 valence electrons. The van der Waals surface area contributed by atoms with Crippen molar-refractivity contribution in [1.29, 1.82) is 0 Å². The zero-order valence-electron chi connectivity index (χ0n) is 16.1. The van der Waals surface area contributed by atoms with Crippen LogP contribution in [-0.4, -0.2) is 57.2 Å². The molecule has 0 radical (unpaired) electrons. The molecule has 0 saturated carbocycles. The lowest BCUT2D eigenvalue weighted by Crippen LogP contribution is -2.43. The summed E-state index contributed by atoms with van der Waals surface area (Å²) in [6, 6.07) is 8.71. The van der Waals surface area contributed by atoms with Crippen LogP contribution < -0.4 is 4.74 Å². The largest absolute Gasteiger partial charge is 0.497 e. The highest BCUT2D eigenvalue weighted by Crippen LogP contribution is 2.35. The van der Waals surface area contributed by atoms with Crippen molar-refractivity contribution in [1.82, 2.24) is 9.80 Å². The molecule has 2 atom stereocenters. The summed E-state index contributed by atoms with van der Waals surface area (Å²) in [5.74, 6) is 2.33. The van der Waals surface area contributed by atoms with Crippen molar-refractivity contribution in [3.63, 3.8) is 0 Å². The standard InChI is InChI=1S/C21H36N2O/c1-5-6-7-8-13-23-14-12-21(19(17-23)16-22(2)3)18-10-9-11-20(15-18)24-4/h9-11,15,19,21H,5-8,12-14,16-17H2,1-4H3. The number of rotatable bonds is 9. The minimum absolute atomic E-state index is 0.648. The van der Waals surface area contributed by atoms with Gasteiger partial charge in [-0.1, -0.05) is 38.3 Å². The highest BCUT2D eigenvalue weighted by Gasteiger charge is 2.30. The summed E-state index contributed by atoms with van der Waals surface area (Å²) >= 11 is 0. The van der Waals surface area contributed by atoms with Crippen LogP contribution in [0, 0.1) is 5.92 Å². The van der Waals surface area contributed by atoms with E-state index < -0.39 is 0 Å². The minimum Gasteiger partial charge on any atom is -0.497 e. The van der Waals surface area contributed by atoms with E-state index in [9.17, 15) is 0 Å². The molecule has 0 amide bonds. The molecule has 2 unspecified atom stereocenters.